The van der Waals surface area contributed by atoms with Crippen molar-refractivity contribution >= 4 is 0 Å². The van der Waals surface area contributed by atoms with Crippen LogP contribution in [0.5, 0.6) is 0 Å². The van der Waals surface area contributed by atoms with Gasteiger partial charge in [0.05, 0.1) is 6.10 Å². The summed E-state index contributed by atoms with van der Waals surface area (Å²) in [5.74, 6) is 0.994. The highest BCUT2D eigenvalue weighted by molar-refractivity contribution is 4.74. The lowest BCUT2D eigenvalue weighted by atomic mass is 9.81. The largest absolute Gasteiger partial charge is 0.393 e. The average Bonchev–Trinajstić information content (AvgIpc) is 2.18. The van der Waals surface area contributed by atoms with Gasteiger partial charge >= 0.3 is 0 Å². The van der Waals surface area contributed by atoms with E-state index in [9.17, 15) is 5.11 Å². The van der Waals surface area contributed by atoms with E-state index in [-0.39, 0.29) is 6.10 Å². The van der Waals surface area contributed by atoms with Gasteiger partial charge in [-0.1, -0.05) is 26.2 Å². The summed E-state index contributed by atoms with van der Waals surface area (Å²) in [5.41, 5.74) is 0. The molecule has 1 saturated carbocycles. The molecule has 0 radical (unpaired) electrons. The highest BCUT2D eigenvalue weighted by Crippen LogP contribution is 2.30. The summed E-state index contributed by atoms with van der Waals surface area (Å²) in [7, 11) is 0. The quantitative estimate of drug-likeness (QED) is 0.608. The number of aliphatic hydroxyl groups excluding tert-OH is 1. The van der Waals surface area contributed by atoms with Gasteiger partial charge in [-0.2, -0.15) is 0 Å². The molecular formula is C13H27NO. The molecule has 0 aromatic carbocycles. The van der Waals surface area contributed by atoms with Crippen molar-refractivity contribution in [3.63, 3.8) is 0 Å². The van der Waals surface area contributed by atoms with Crippen molar-refractivity contribution < 1.29 is 5.11 Å². The van der Waals surface area contributed by atoms with Crippen LogP contribution in [0.2, 0.25) is 0 Å². The minimum absolute atomic E-state index is 0.0891. The van der Waals surface area contributed by atoms with E-state index in [1.807, 2.05) is 6.92 Å². The van der Waals surface area contributed by atoms with Crippen LogP contribution in [-0.2, 0) is 0 Å². The van der Waals surface area contributed by atoms with Crippen LogP contribution in [0.1, 0.15) is 58.8 Å². The van der Waals surface area contributed by atoms with E-state index in [0.717, 1.165) is 31.7 Å². The van der Waals surface area contributed by atoms with E-state index < -0.39 is 0 Å². The van der Waals surface area contributed by atoms with E-state index in [0.29, 0.717) is 6.04 Å². The number of hydrogen-bond donors (Lipinski definition) is 2. The first-order chi connectivity index (χ1) is 7.22. The zero-order chi connectivity index (χ0) is 11.1. The van der Waals surface area contributed by atoms with Crippen molar-refractivity contribution in [3.05, 3.63) is 0 Å². The van der Waals surface area contributed by atoms with Crippen molar-refractivity contribution in [2.75, 3.05) is 6.54 Å². The van der Waals surface area contributed by atoms with E-state index in [2.05, 4.69) is 12.2 Å². The molecule has 0 amide bonds. The molecule has 2 unspecified atom stereocenters. The summed E-state index contributed by atoms with van der Waals surface area (Å²) in [6.45, 7) is 5.39. The minimum atomic E-state index is -0.0891. The van der Waals surface area contributed by atoms with Crippen molar-refractivity contribution in [1.82, 2.24) is 5.32 Å². The molecule has 90 valence electrons. The van der Waals surface area contributed by atoms with Gasteiger partial charge in [0.15, 0.2) is 0 Å². The van der Waals surface area contributed by atoms with Gasteiger partial charge in [-0.25, -0.2) is 0 Å². The summed E-state index contributed by atoms with van der Waals surface area (Å²) in [6.07, 6.45) is 8.52. The number of aliphatic hydroxyl groups is 1. The third-order valence-corrected chi connectivity index (χ3v) is 3.59. The maximum absolute atomic E-state index is 9.39. The maximum atomic E-state index is 9.39. The normalized spacial score (nSPS) is 21.0. The summed E-state index contributed by atoms with van der Waals surface area (Å²) in [6, 6.07) is 0.661. The van der Waals surface area contributed by atoms with Crippen molar-refractivity contribution in [3.8, 4) is 0 Å². The smallest absolute Gasteiger partial charge is 0.0538 e. The fraction of sp³-hybridized carbons (Fsp3) is 1.00. The highest BCUT2D eigenvalue weighted by atomic mass is 16.3. The lowest BCUT2D eigenvalue weighted by Gasteiger charge is -2.28. The molecule has 1 aliphatic carbocycles. The molecular weight excluding hydrogens is 186 g/mol. The van der Waals surface area contributed by atoms with Gasteiger partial charge in [0.25, 0.3) is 0 Å². The Hall–Kier alpha value is -0.0800. The van der Waals surface area contributed by atoms with Crippen LogP contribution in [0.15, 0.2) is 0 Å². The predicted octanol–water partition coefficient (Wildman–Crippen LogP) is 2.71. The van der Waals surface area contributed by atoms with Gasteiger partial charge in [0, 0.05) is 6.04 Å². The molecule has 15 heavy (non-hydrogen) atoms. The maximum Gasteiger partial charge on any atom is 0.0538 e. The average molecular weight is 213 g/mol. The second-order valence-electron chi connectivity index (χ2n) is 5.09. The molecule has 2 N–H and O–H groups in total. The van der Waals surface area contributed by atoms with E-state index >= 15 is 0 Å². The number of nitrogens with one attached hydrogen (secondary N) is 1. The van der Waals surface area contributed by atoms with Crippen molar-refractivity contribution in [1.29, 1.82) is 0 Å². The van der Waals surface area contributed by atoms with Crippen LogP contribution in [0.4, 0.5) is 0 Å². The molecule has 1 fully saturated rings. The molecule has 0 aromatic rings. The zero-order valence-corrected chi connectivity index (χ0v) is 10.3. The van der Waals surface area contributed by atoms with Crippen LogP contribution < -0.4 is 5.32 Å². The SMILES string of the molecule is CCC(O)CCCNC(C)CC1CCC1. The summed E-state index contributed by atoms with van der Waals surface area (Å²) in [4.78, 5) is 0. The van der Waals surface area contributed by atoms with Gasteiger partial charge in [-0.3, -0.25) is 0 Å². The Morgan fingerprint density at radius 1 is 1.40 bits per heavy atom. The Morgan fingerprint density at radius 3 is 2.67 bits per heavy atom. The second-order valence-corrected chi connectivity index (χ2v) is 5.09. The number of hydrogen-bond acceptors (Lipinski definition) is 2. The Labute approximate surface area is 94.5 Å². The van der Waals surface area contributed by atoms with Gasteiger partial charge in [-0.05, 0) is 45.1 Å². The zero-order valence-electron chi connectivity index (χ0n) is 10.3. The highest BCUT2D eigenvalue weighted by Gasteiger charge is 2.19. The summed E-state index contributed by atoms with van der Waals surface area (Å²) >= 11 is 0. The molecule has 2 atom stereocenters. The molecule has 0 bridgehead atoms. The van der Waals surface area contributed by atoms with Crippen LogP contribution in [0.3, 0.4) is 0 Å². The van der Waals surface area contributed by atoms with E-state index in [1.54, 1.807) is 0 Å². The topological polar surface area (TPSA) is 32.3 Å². The Morgan fingerprint density at radius 2 is 2.13 bits per heavy atom. The summed E-state index contributed by atoms with van der Waals surface area (Å²) < 4.78 is 0. The second kappa shape index (κ2) is 7.24. The first-order valence-corrected chi connectivity index (χ1v) is 6.63. The molecule has 1 rings (SSSR count). The molecule has 0 saturated heterocycles. The standard InChI is InChI=1S/C13H27NO/c1-3-13(15)8-5-9-14-11(2)10-12-6-4-7-12/h11-15H,3-10H2,1-2H3. The van der Waals surface area contributed by atoms with Gasteiger partial charge < -0.3 is 10.4 Å². The van der Waals surface area contributed by atoms with Gasteiger partial charge in [0.1, 0.15) is 0 Å². The Balaban J connectivity index is 1.89. The van der Waals surface area contributed by atoms with Crippen LogP contribution in [-0.4, -0.2) is 23.8 Å². The van der Waals surface area contributed by atoms with Crippen molar-refractivity contribution in [2.24, 2.45) is 5.92 Å². The lowest BCUT2D eigenvalue weighted by molar-refractivity contribution is 0.156. The fourth-order valence-electron chi connectivity index (χ4n) is 2.20. The third kappa shape index (κ3) is 5.53. The lowest BCUT2D eigenvalue weighted by Crippen LogP contribution is -2.31. The van der Waals surface area contributed by atoms with Gasteiger partial charge in [0.2, 0.25) is 0 Å². The van der Waals surface area contributed by atoms with Crippen molar-refractivity contribution in [2.45, 2.75) is 70.9 Å². The third-order valence-electron chi connectivity index (χ3n) is 3.59. The molecule has 0 heterocycles. The first kappa shape index (κ1) is 13.0. The Kier molecular flexibility index (Phi) is 6.26. The molecule has 2 nitrogen and oxygen atoms in total. The Bertz CT molecular complexity index is 157. The van der Waals surface area contributed by atoms with Crippen LogP contribution in [0, 0.1) is 5.92 Å². The van der Waals surface area contributed by atoms with E-state index in [1.165, 1.54) is 25.7 Å². The monoisotopic (exact) mass is 213 g/mol. The van der Waals surface area contributed by atoms with Gasteiger partial charge in [-0.15, -0.1) is 0 Å². The minimum Gasteiger partial charge on any atom is -0.393 e. The molecule has 2 heteroatoms. The predicted molar refractivity (Wildman–Crippen MR) is 65.0 cm³/mol. The first-order valence-electron chi connectivity index (χ1n) is 6.63. The summed E-state index contributed by atoms with van der Waals surface area (Å²) in [5, 5.41) is 12.9. The molecule has 0 spiro atoms. The van der Waals surface area contributed by atoms with E-state index in [4.69, 9.17) is 0 Å². The molecule has 1 aliphatic rings. The van der Waals surface area contributed by atoms with Crippen LogP contribution >= 0.6 is 0 Å². The fourth-order valence-corrected chi connectivity index (χ4v) is 2.20. The molecule has 0 aliphatic heterocycles. The molecule has 0 aromatic heterocycles. The number of rotatable bonds is 8. The van der Waals surface area contributed by atoms with Crippen LogP contribution in [0.25, 0.3) is 0 Å².